The molecular formula is C21H19ClN3O6S2+. The fourth-order valence-corrected chi connectivity index (χ4v) is 6.06. The Morgan fingerprint density at radius 3 is 2.52 bits per heavy atom. The molecule has 2 aromatic carbocycles. The van der Waals surface area contributed by atoms with Crippen LogP contribution in [0.4, 0.5) is 11.5 Å². The molecular weight excluding hydrogens is 490 g/mol. The number of nitrogens with two attached hydrogens (primary N) is 1. The molecule has 2 heterocycles. The number of nitrogens with one attached hydrogen (secondary N) is 1. The third-order valence-corrected chi connectivity index (χ3v) is 7.92. The van der Waals surface area contributed by atoms with Gasteiger partial charge in [0.25, 0.3) is 10.0 Å². The smallest absolute Gasteiger partial charge is 0.312 e. The molecule has 4 rings (SSSR count). The molecule has 0 aliphatic rings. The molecule has 9 nitrogen and oxygen atoms in total. The number of benzene rings is 2. The van der Waals surface area contributed by atoms with Crippen molar-refractivity contribution in [3.63, 3.8) is 0 Å². The van der Waals surface area contributed by atoms with Gasteiger partial charge in [-0.15, -0.1) is 0 Å². The number of nitrogens with zero attached hydrogens (tertiary/aromatic N) is 1. The largest absolute Gasteiger partial charge is 0.443 e. The highest BCUT2D eigenvalue weighted by atomic mass is 35.5. The minimum absolute atomic E-state index is 0.146. The highest BCUT2D eigenvalue weighted by molar-refractivity contribution is 7.93. The lowest BCUT2D eigenvalue weighted by atomic mass is 10.3. The van der Waals surface area contributed by atoms with Gasteiger partial charge in [0.2, 0.25) is 5.09 Å². The van der Waals surface area contributed by atoms with Crippen LogP contribution in [0.5, 0.6) is 0 Å². The minimum Gasteiger partial charge on any atom is -0.443 e. The summed E-state index contributed by atoms with van der Waals surface area (Å²) in [7, 11) is -6.97. The number of halogens is 1. The van der Waals surface area contributed by atoms with Gasteiger partial charge in [0.15, 0.2) is 15.5 Å². The lowest BCUT2D eigenvalue weighted by Gasteiger charge is -2.13. The molecule has 4 aromatic rings. The second-order valence-corrected chi connectivity index (χ2v) is 11.0. The van der Waals surface area contributed by atoms with E-state index >= 15 is 0 Å². The second-order valence-electron chi connectivity index (χ2n) is 7.03. The number of anilines is 2. The molecule has 0 spiro atoms. The van der Waals surface area contributed by atoms with Crippen molar-refractivity contribution in [1.82, 2.24) is 0 Å². The van der Waals surface area contributed by atoms with E-state index in [1.165, 1.54) is 42.2 Å². The number of hydrogen-bond donors (Lipinski definition) is 2. The summed E-state index contributed by atoms with van der Waals surface area (Å²) in [6, 6.07) is 16.6. The Kier molecular flexibility index (Phi) is 5.95. The van der Waals surface area contributed by atoms with Crippen LogP contribution in [-0.2, 0) is 25.6 Å². The third-order valence-electron chi connectivity index (χ3n) is 4.76. The van der Waals surface area contributed by atoms with Gasteiger partial charge in [0.1, 0.15) is 18.4 Å². The molecule has 0 bridgehead atoms. The molecule has 0 amide bonds. The van der Waals surface area contributed by atoms with Gasteiger partial charge < -0.3 is 9.25 Å². The predicted molar refractivity (Wildman–Crippen MR) is 123 cm³/mol. The molecule has 2 aromatic heterocycles. The Morgan fingerprint density at radius 1 is 1.03 bits per heavy atom. The summed E-state index contributed by atoms with van der Waals surface area (Å²) in [6.07, 6.45) is 0. The molecule has 0 fully saturated rings. The van der Waals surface area contributed by atoms with E-state index in [2.05, 4.69) is 4.72 Å². The number of hydrogen-bond acceptors (Lipinski definition) is 7. The Balaban J connectivity index is 1.74. The molecule has 0 aliphatic heterocycles. The fourth-order valence-electron chi connectivity index (χ4n) is 3.30. The molecule has 12 heteroatoms. The molecule has 0 saturated heterocycles. The predicted octanol–water partition coefficient (Wildman–Crippen LogP) is 2.79. The number of pyridine rings is 1. The van der Waals surface area contributed by atoms with Crippen molar-refractivity contribution < 1.29 is 30.8 Å². The lowest BCUT2D eigenvalue weighted by molar-refractivity contribution is -0.878. The normalized spacial score (nSPS) is 12.1. The van der Waals surface area contributed by atoms with Crippen molar-refractivity contribution in [2.75, 3.05) is 17.6 Å². The second kappa shape index (κ2) is 8.58. The van der Waals surface area contributed by atoms with Crippen molar-refractivity contribution in [2.45, 2.75) is 15.7 Å². The van der Waals surface area contributed by atoms with Gasteiger partial charge in [-0.3, -0.25) is 10.5 Å². The summed E-state index contributed by atoms with van der Waals surface area (Å²) in [6.45, 7) is 0. The van der Waals surface area contributed by atoms with Crippen LogP contribution in [0, 0.1) is 0 Å². The van der Waals surface area contributed by atoms with Crippen LogP contribution in [-0.4, -0.2) is 23.9 Å². The first kappa shape index (κ1) is 22.9. The summed E-state index contributed by atoms with van der Waals surface area (Å²) in [5.74, 6) is -0.306. The van der Waals surface area contributed by atoms with Gasteiger partial charge >= 0.3 is 5.82 Å². The molecule has 0 aliphatic carbocycles. The van der Waals surface area contributed by atoms with E-state index in [0.29, 0.717) is 11.0 Å². The van der Waals surface area contributed by atoms with Crippen molar-refractivity contribution in [1.29, 1.82) is 0 Å². The van der Waals surface area contributed by atoms with Gasteiger partial charge in [0.05, 0.1) is 10.6 Å². The van der Waals surface area contributed by atoms with E-state index in [1.54, 1.807) is 36.4 Å². The van der Waals surface area contributed by atoms with Gasteiger partial charge in [-0.1, -0.05) is 29.8 Å². The molecule has 0 radical (unpaired) electrons. The molecule has 0 unspecified atom stereocenters. The summed E-state index contributed by atoms with van der Waals surface area (Å²) < 4.78 is 61.4. The van der Waals surface area contributed by atoms with Gasteiger partial charge in [0, 0.05) is 22.5 Å². The maximum absolute atomic E-state index is 13.3. The van der Waals surface area contributed by atoms with Gasteiger partial charge in [-0.2, -0.15) is 8.42 Å². The minimum atomic E-state index is -4.26. The number of fused-ring (bicyclic) bond motifs is 1. The summed E-state index contributed by atoms with van der Waals surface area (Å²) in [5.41, 5.74) is 6.26. The van der Waals surface area contributed by atoms with E-state index in [1.807, 2.05) is 0 Å². The van der Waals surface area contributed by atoms with E-state index in [9.17, 15) is 16.8 Å². The maximum atomic E-state index is 13.3. The lowest BCUT2D eigenvalue weighted by Crippen LogP contribution is -2.47. The Morgan fingerprint density at radius 2 is 1.79 bits per heavy atom. The third kappa shape index (κ3) is 4.61. The van der Waals surface area contributed by atoms with Crippen LogP contribution in [0.1, 0.15) is 5.69 Å². The zero-order chi connectivity index (χ0) is 23.8. The van der Waals surface area contributed by atoms with E-state index < -0.39 is 25.6 Å². The van der Waals surface area contributed by atoms with Gasteiger partial charge in [-0.05, 0) is 41.1 Å². The number of nitrogen functional groups attached to an aromatic ring is 1. The van der Waals surface area contributed by atoms with E-state index in [0.717, 1.165) is 0 Å². The average Bonchev–Trinajstić information content (AvgIpc) is 3.19. The molecule has 33 heavy (non-hydrogen) atoms. The number of aromatic nitrogens is 1. The summed E-state index contributed by atoms with van der Waals surface area (Å²) in [5, 5.41) is 0.370. The number of para-hydroxylation sites is 1. The zero-order valence-corrected chi connectivity index (χ0v) is 19.6. The monoisotopic (exact) mass is 508 g/mol. The van der Waals surface area contributed by atoms with Crippen molar-refractivity contribution in [3.05, 3.63) is 77.4 Å². The molecule has 3 N–H and O–H groups in total. The Labute approximate surface area is 195 Å². The van der Waals surface area contributed by atoms with Crippen molar-refractivity contribution in [2.24, 2.45) is 0 Å². The first-order chi connectivity index (χ1) is 15.6. The summed E-state index contributed by atoms with van der Waals surface area (Å²) >= 11 is 6.04. The van der Waals surface area contributed by atoms with Crippen LogP contribution >= 0.6 is 11.6 Å². The number of rotatable bonds is 7. The van der Waals surface area contributed by atoms with Crippen LogP contribution in [0.15, 0.2) is 81.1 Å². The van der Waals surface area contributed by atoms with Crippen molar-refractivity contribution >= 4 is 53.9 Å². The first-order valence-corrected chi connectivity index (χ1v) is 13.0. The Bertz CT molecular complexity index is 1530. The van der Waals surface area contributed by atoms with Crippen molar-refractivity contribution in [3.8, 4) is 0 Å². The first-order valence-electron chi connectivity index (χ1n) is 9.48. The van der Waals surface area contributed by atoms with Crippen LogP contribution < -0.4 is 20.0 Å². The number of sulfonamides is 1. The molecule has 0 atom stereocenters. The number of furan rings is 1. The topological polar surface area (TPSA) is 133 Å². The summed E-state index contributed by atoms with van der Waals surface area (Å²) in [4.78, 5) is 4.89. The molecule has 172 valence electrons. The van der Waals surface area contributed by atoms with Crippen LogP contribution in [0.25, 0.3) is 11.0 Å². The van der Waals surface area contributed by atoms with Crippen LogP contribution in [0.3, 0.4) is 0 Å². The average molecular weight is 509 g/mol. The highest BCUT2D eigenvalue weighted by Gasteiger charge is 2.28. The van der Waals surface area contributed by atoms with Gasteiger partial charge in [-0.25, -0.2) is 8.42 Å². The standard InChI is InChI=1S/C21H18ClN3O6S2/c1-30-25-16(6-4-8-20(25)23)13-32(26,27)19-10-9-15(22)12-17(19)24-33(28,29)21-11-14-5-2-3-7-18(14)31-21/h2-12,23-24H,13H2,1H3/p+1. The van der Waals surface area contributed by atoms with Crippen LogP contribution in [0.2, 0.25) is 5.02 Å². The van der Waals surface area contributed by atoms with E-state index in [4.69, 9.17) is 26.6 Å². The fraction of sp³-hybridized carbons (Fsp3) is 0.0952. The molecule has 0 saturated carbocycles. The highest BCUT2D eigenvalue weighted by Crippen LogP contribution is 2.31. The zero-order valence-electron chi connectivity index (χ0n) is 17.2. The van der Waals surface area contributed by atoms with E-state index in [-0.39, 0.29) is 32.2 Å². The quantitative estimate of drug-likeness (QED) is 0.367. The SMILES string of the molecule is CO[n+]1c(N)cccc1CS(=O)(=O)c1ccc(Cl)cc1NS(=O)(=O)c1cc2ccccc2o1. The Hall–Kier alpha value is -3.28. The number of sulfone groups is 1. The maximum Gasteiger partial charge on any atom is 0.312 e.